The minimum absolute atomic E-state index is 0.323. The van der Waals surface area contributed by atoms with E-state index < -0.39 is 0 Å². The van der Waals surface area contributed by atoms with E-state index in [4.69, 9.17) is 12.6 Å². The molecule has 0 amide bonds. The van der Waals surface area contributed by atoms with Crippen molar-refractivity contribution in [2.75, 3.05) is 6.61 Å². The predicted molar refractivity (Wildman–Crippen MR) is 97.7 cm³/mol. The van der Waals surface area contributed by atoms with Crippen LogP contribution in [0.1, 0.15) is 23.0 Å². The molecule has 3 aromatic rings. The summed E-state index contributed by atoms with van der Waals surface area (Å²) in [5.74, 6) is -0.389. The van der Waals surface area contributed by atoms with Crippen LogP contribution >= 0.6 is 0 Å². The van der Waals surface area contributed by atoms with E-state index in [0.717, 1.165) is 27.8 Å². The van der Waals surface area contributed by atoms with Crippen LogP contribution in [0.25, 0.3) is 22.3 Å². The average molecular weight is 315 g/mol. The second kappa shape index (κ2) is 6.79. The number of nitrogens with one attached hydrogen (secondary N) is 1. The summed E-state index contributed by atoms with van der Waals surface area (Å²) in [4.78, 5) is 15.1. The second-order valence-electron chi connectivity index (χ2n) is 5.58. The lowest BCUT2D eigenvalue weighted by Crippen LogP contribution is -2.10. The standard InChI is InChI=1S/C20H18BNO2/c1-3-24-20(23)18-17(13(2)19(21)22-18)16-11-9-15(10-12-16)14-7-5-4-6-8-14/h4-12,22H,3H2,1-2H3. The zero-order valence-electron chi connectivity index (χ0n) is 13.8. The number of esters is 1. The molecule has 3 rings (SSSR count). The van der Waals surface area contributed by atoms with E-state index >= 15 is 0 Å². The Morgan fingerprint density at radius 1 is 1.00 bits per heavy atom. The van der Waals surface area contributed by atoms with Gasteiger partial charge in [0, 0.05) is 5.56 Å². The van der Waals surface area contributed by atoms with Crippen LogP contribution in [-0.4, -0.2) is 25.4 Å². The Balaban J connectivity index is 2.02. The Morgan fingerprint density at radius 2 is 1.58 bits per heavy atom. The molecule has 0 fully saturated rings. The normalized spacial score (nSPS) is 10.6. The van der Waals surface area contributed by atoms with E-state index in [-0.39, 0.29) is 5.97 Å². The van der Waals surface area contributed by atoms with Crippen molar-refractivity contribution in [1.82, 2.24) is 4.98 Å². The highest BCUT2D eigenvalue weighted by Crippen LogP contribution is 2.29. The topological polar surface area (TPSA) is 42.1 Å². The molecular weight excluding hydrogens is 297 g/mol. The van der Waals surface area contributed by atoms with E-state index in [2.05, 4.69) is 17.1 Å². The summed E-state index contributed by atoms with van der Waals surface area (Å²) in [6.45, 7) is 4.00. The summed E-state index contributed by atoms with van der Waals surface area (Å²) in [5.41, 5.74) is 5.75. The number of rotatable bonds is 4. The molecule has 4 heteroatoms. The first-order chi connectivity index (χ1) is 11.6. The maximum Gasteiger partial charge on any atom is 0.355 e. The molecule has 3 nitrogen and oxygen atoms in total. The molecule has 2 aromatic carbocycles. The number of aromatic amines is 1. The predicted octanol–water partition coefficient (Wildman–Crippen LogP) is 3.63. The van der Waals surface area contributed by atoms with E-state index in [0.29, 0.717) is 17.9 Å². The number of carbonyl (C=O) groups is 1. The van der Waals surface area contributed by atoms with Crippen molar-refractivity contribution in [3.8, 4) is 22.3 Å². The van der Waals surface area contributed by atoms with Gasteiger partial charge in [0.05, 0.1) is 6.61 Å². The SMILES string of the molecule is [B]c1[nH]c(C(=O)OCC)c(-c2ccc(-c3ccccc3)cc2)c1C. The zero-order valence-corrected chi connectivity index (χ0v) is 13.8. The maximum absolute atomic E-state index is 12.2. The lowest BCUT2D eigenvalue weighted by Gasteiger charge is -2.08. The Kier molecular flexibility index (Phi) is 4.56. The van der Waals surface area contributed by atoms with Gasteiger partial charge in [0.1, 0.15) is 13.5 Å². The van der Waals surface area contributed by atoms with Gasteiger partial charge in [0.15, 0.2) is 0 Å². The Morgan fingerprint density at radius 3 is 2.21 bits per heavy atom. The van der Waals surface area contributed by atoms with Gasteiger partial charge >= 0.3 is 5.97 Å². The van der Waals surface area contributed by atoms with Crippen molar-refractivity contribution in [3.63, 3.8) is 0 Å². The summed E-state index contributed by atoms with van der Waals surface area (Å²) in [6.07, 6.45) is 0. The maximum atomic E-state index is 12.2. The molecule has 0 unspecified atom stereocenters. The molecule has 0 aliphatic heterocycles. The molecule has 0 saturated heterocycles. The highest BCUT2D eigenvalue weighted by Gasteiger charge is 2.20. The van der Waals surface area contributed by atoms with Gasteiger partial charge in [-0.3, -0.25) is 0 Å². The molecule has 1 N–H and O–H groups in total. The fraction of sp³-hybridized carbons (Fsp3) is 0.150. The second-order valence-corrected chi connectivity index (χ2v) is 5.58. The van der Waals surface area contributed by atoms with Crippen LogP contribution in [-0.2, 0) is 4.74 Å². The minimum Gasteiger partial charge on any atom is -0.461 e. The number of ether oxygens (including phenoxy) is 1. The molecular formula is C20H18BNO2. The molecule has 0 aliphatic carbocycles. The number of hydrogen-bond donors (Lipinski definition) is 1. The van der Waals surface area contributed by atoms with Gasteiger partial charge in [-0.2, -0.15) is 0 Å². The van der Waals surface area contributed by atoms with Crippen molar-refractivity contribution in [2.24, 2.45) is 0 Å². The Labute approximate surface area is 143 Å². The highest BCUT2D eigenvalue weighted by molar-refractivity contribution is 6.33. The molecule has 0 spiro atoms. The largest absolute Gasteiger partial charge is 0.461 e. The van der Waals surface area contributed by atoms with Crippen molar-refractivity contribution in [3.05, 3.63) is 65.9 Å². The number of aromatic nitrogens is 1. The first-order valence-electron chi connectivity index (χ1n) is 7.92. The Hall–Kier alpha value is -2.75. The van der Waals surface area contributed by atoms with Gasteiger partial charge in [-0.25, -0.2) is 4.79 Å². The van der Waals surface area contributed by atoms with Crippen LogP contribution in [0.5, 0.6) is 0 Å². The first-order valence-corrected chi connectivity index (χ1v) is 7.92. The van der Waals surface area contributed by atoms with E-state index in [9.17, 15) is 4.79 Å². The average Bonchev–Trinajstić information content (AvgIpc) is 2.91. The molecule has 24 heavy (non-hydrogen) atoms. The number of benzene rings is 2. The summed E-state index contributed by atoms with van der Waals surface area (Å²) >= 11 is 0. The lowest BCUT2D eigenvalue weighted by molar-refractivity contribution is 0.0521. The molecule has 1 aromatic heterocycles. The summed E-state index contributed by atoms with van der Waals surface area (Å²) in [6, 6.07) is 18.2. The van der Waals surface area contributed by atoms with E-state index in [1.807, 2.05) is 49.4 Å². The van der Waals surface area contributed by atoms with Crippen molar-refractivity contribution < 1.29 is 9.53 Å². The molecule has 0 aliphatic rings. The number of H-pyrrole nitrogens is 1. The smallest absolute Gasteiger partial charge is 0.355 e. The molecule has 0 saturated carbocycles. The molecule has 2 radical (unpaired) electrons. The van der Waals surface area contributed by atoms with Gasteiger partial charge in [-0.15, -0.1) is 0 Å². The van der Waals surface area contributed by atoms with Gasteiger partial charge in [-0.1, -0.05) is 54.6 Å². The van der Waals surface area contributed by atoms with Gasteiger partial charge in [0.25, 0.3) is 0 Å². The van der Waals surface area contributed by atoms with Crippen LogP contribution in [0, 0.1) is 6.92 Å². The summed E-state index contributed by atoms with van der Waals surface area (Å²) in [7, 11) is 5.97. The van der Waals surface area contributed by atoms with Gasteiger partial charge in [-0.05, 0) is 41.7 Å². The highest BCUT2D eigenvalue weighted by atomic mass is 16.5. The Bertz CT molecular complexity index is 851. The van der Waals surface area contributed by atoms with Gasteiger partial charge < -0.3 is 9.72 Å². The minimum atomic E-state index is -0.389. The molecule has 0 bridgehead atoms. The van der Waals surface area contributed by atoms with Crippen LogP contribution in [0.3, 0.4) is 0 Å². The van der Waals surface area contributed by atoms with Crippen LogP contribution in [0.2, 0.25) is 0 Å². The summed E-state index contributed by atoms with van der Waals surface area (Å²) < 4.78 is 5.13. The fourth-order valence-electron chi connectivity index (χ4n) is 2.79. The van der Waals surface area contributed by atoms with E-state index in [1.54, 1.807) is 6.92 Å². The monoisotopic (exact) mass is 315 g/mol. The fourth-order valence-corrected chi connectivity index (χ4v) is 2.79. The third-order valence-electron chi connectivity index (χ3n) is 4.05. The van der Waals surface area contributed by atoms with Crippen molar-refractivity contribution >= 4 is 19.4 Å². The number of hydrogen-bond acceptors (Lipinski definition) is 2. The lowest BCUT2D eigenvalue weighted by atomic mass is 9.93. The van der Waals surface area contributed by atoms with Crippen LogP contribution < -0.4 is 5.59 Å². The van der Waals surface area contributed by atoms with Gasteiger partial charge in [0.2, 0.25) is 0 Å². The summed E-state index contributed by atoms with van der Waals surface area (Å²) in [5, 5.41) is 0. The van der Waals surface area contributed by atoms with Crippen LogP contribution in [0.15, 0.2) is 54.6 Å². The van der Waals surface area contributed by atoms with Crippen molar-refractivity contribution in [1.29, 1.82) is 0 Å². The quantitative estimate of drug-likeness (QED) is 0.590. The van der Waals surface area contributed by atoms with Crippen molar-refractivity contribution in [2.45, 2.75) is 13.8 Å². The first kappa shape index (κ1) is 16.1. The zero-order chi connectivity index (χ0) is 17.1. The van der Waals surface area contributed by atoms with Crippen LogP contribution in [0.4, 0.5) is 0 Å². The molecule has 0 atom stereocenters. The third kappa shape index (κ3) is 3.00. The molecule has 1 heterocycles. The van der Waals surface area contributed by atoms with E-state index in [1.165, 1.54) is 0 Å². The number of carbonyl (C=O) groups excluding carboxylic acids is 1. The third-order valence-corrected chi connectivity index (χ3v) is 4.05. The molecule has 118 valence electrons.